The van der Waals surface area contributed by atoms with Crippen LogP contribution < -0.4 is 19.5 Å². The molecule has 7 nitrogen and oxygen atoms in total. The van der Waals surface area contributed by atoms with Crippen LogP contribution >= 0.6 is 24.0 Å². The van der Waals surface area contributed by atoms with E-state index >= 15 is 0 Å². The van der Waals surface area contributed by atoms with Crippen LogP contribution in [0.5, 0.6) is 17.2 Å². The van der Waals surface area contributed by atoms with Gasteiger partial charge in [-0.15, -0.1) is 24.0 Å². The normalized spacial score (nSPS) is 15.4. The van der Waals surface area contributed by atoms with E-state index in [0.29, 0.717) is 13.2 Å². The molecule has 8 heteroatoms. The first kappa shape index (κ1) is 20.9. The molecule has 1 aromatic rings. The van der Waals surface area contributed by atoms with Gasteiger partial charge in [-0.3, -0.25) is 4.99 Å². The number of likely N-dealkylation sites (N-methyl/N-ethyl adjacent to an activating group) is 1. The third-order valence-corrected chi connectivity index (χ3v) is 4.19. The molecule has 0 bridgehead atoms. The van der Waals surface area contributed by atoms with E-state index in [1.165, 1.54) is 12.8 Å². The zero-order valence-electron chi connectivity index (χ0n) is 15.4. The Hall–Kier alpha value is -1.42. The zero-order valence-corrected chi connectivity index (χ0v) is 17.7. The lowest BCUT2D eigenvalue weighted by Gasteiger charge is -2.22. The molecule has 0 aromatic heterocycles. The molecule has 0 unspecified atom stereocenters. The first-order valence-electron chi connectivity index (χ1n) is 8.78. The third kappa shape index (κ3) is 6.39. The van der Waals surface area contributed by atoms with Gasteiger partial charge >= 0.3 is 0 Å². The molecule has 0 atom stereocenters. The van der Waals surface area contributed by atoms with E-state index in [1.54, 1.807) is 7.05 Å². The molecule has 3 rings (SSSR count). The average molecular weight is 477 g/mol. The summed E-state index contributed by atoms with van der Waals surface area (Å²) in [6, 6.07) is 5.59. The summed E-state index contributed by atoms with van der Waals surface area (Å²) in [5, 5.41) is 3.29. The van der Waals surface area contributed by atoms with Crippen LogP contribution in [0.2, 0.25) is 0 Å². The van der Waals surface area contributed by atoms with E-state index in [-0.39, 0.29) is 30.8 Å². The lowest BCUT2D eigenvalue weighted by molar-refractivity contribution is 0.115. The Morgan fingerprint density at radius 3 is 2.85 bits per heavy atom. The van der Waals surface area contributed by atoms with Crippen LogP contribution in [0.4, 0.5) is 0 Å². The lowest BCUT2D eigenvalue weighted by Crippen LogP contribution is -2.42. The average Bonchev–Trinajstić information content (AvgIpc) is 3.33. The van der Waals surface area contributed by atoms with Crippen molar-refractivity contribution in [2.75, 3.05) is 53.8 Å². The molecule has 2 aliphatic rings. The van der Waals surface area contributed by atoms with Crippen molar-refractivity contribution in [1.82, 2.24) is 10.2 Å². The number of halogens is 1. The van der Waals surface area contributed by atoms with Gasteiger partial charge in [0.05, 0.1) is 13.2 Å². The third-order valence-electron chi connectivity index (χ3n) is 4.19. The second kappa shape index (κ2) is 10.7. The number of aliphatic imine (C=N–C) groups is 1. The summed E-state index contributed by atoms with van der Waals surface area (Å²) >= 11 is 0. The summed E-state index contributed by atoms with van der Waals surface area (Å²) in [5.41, 5.74) is 0. The van der Waals surface area contributed by atoms with Crippen LogP contribution in [0.25, 0.3) is 0 Å². The Labute approximate surface area is 172 Å². The SMILES string of the molecule is CN=C(NCCOc1ccc2c(c1)OCO2)N(C)CCOCC1CC1.I. The van der Waals surface area contributed by atoms with Crippen LogP contribution in [0, 0.1) is 5.92 Å². The molecule has 1 aromatic carbocycles. The first-order chi connectivity index (χ1) is 12.3. The fourth-order valence-corrected chi connectivity index (χ4v) is 2.52. The van der Waals surface area contributed by atoms with Crippen LogP contribution in [-0.2, 0) is 4.74 Å². The molecule has 0 radical (unpaired) electrons. The predicted molar refractivity (Wildman–Crippen MR) is 111 cm³/mol. The van der Waals surface area contributed by atoms with Gasteiger partial charge in [0.25, 0.3) is 0 Å². The number of rotatable bonds is 9. The second-order valence-corrected chi connectivity index (χ2v) is 6.28. The standard InChI is InChI=1S/C18H27N3O4.HI/c1-19-18(21(2)8-10-22-12-14-3-4-14)20-7-9-23-15-5-6-16-17(11-15)25-13-24-16;/h5-6,11,14H,3-4,7-10,12-13H2,1-2H3,(H,19,20);1H. The predicted octanol–water partition coefficient (Wildman–Crippen LogP) is 2.35. The monoisotopic (exact) mass is 477 g/mol. The first-order valence-corrected chi connectivity index (χ1v) is 8.78. The molecular formula is C18H28IN3O4. The maximum atomic E-state index is 5.74. The van der Waals surface area contributed by atoms with Crippen molar-refractivity contribution in [2.45, 2.75) is 12.8 Å². The van der Waals surface area contributed by atoms with Gasteiger partial charge in [0.15, 0.2) is 17.5 Å². The summed E-state index contributed by atoms with van der Waals surface area (Å²) in [6.45, 7) is 3.90. The summed E-state index contributed by atoms with van der Waals surface area (Å²) in [7, 11) is 3.79. The van der Waals surface area contributed by atoms with Crippen molar-refractivity contribution < 1.29 is 18.9 Å². The highest BCUT2D eigenvalue weighted by Gasteiger charge is 2.21. The van der Waals surface area contributed by atoms with Crippen molar-refractivity contribution in [1.29, 1.82) is 0 Å². The van der Waals surface area contributed by atoms with Gasteiger partial charge in [-0.25, -0.2) is 0 Å². The molecule has 0 amide bonds. The van der Waals surface area contributed by atoms with Gasteiger partial charge in [-0.05, 0) is 30.9 Å². The Morgan fingerprint density at radius 1 is 1.27 bits per heavy atom. The molecule has 0 saturated heterocycles. The van der Waals surface area contributed by atoms with Crippen molar-refractivity contribution in [3.8, 4) is 17.2 Å². The molecule has 1 saturated carbocycles. The van der Waals surface area contributed by atoms with Gasteiger partial charge in [0.2, 0.25) is 6.79 Å². The van der Waals surface area contributed by atoms with Crippen molar-refractivity contribution in [2.24, 2.45) is 10.9 Å². The number of guanidine groups is 1. The lowest BCUT2D eigenvalue weighted by atomic mass is 10.3. The summed E-state index contributed by atoms with van der Waals surface area (Å²) in [6.07, 6.45) is 2.64. The minimum absolute atomic E-state index is 0. The molecule has 1 fully saturated rings. The van der Waals surface area contributed by atoms with Gasteiger partial charge < -0.3 is 29.2 Å². The highest BCUT2D eigenvalue weighted by Crippen LogP contribution is 2.35. The highest BCUT2D eigenvalue weighted by atomic mass is 127. The number of fused-ring (bicyclic) bond motifs is 1. The topological polar surface area (TPSA) is 64.6 Å². The summed E-state index contributed by atoms with van der Waals surface area (Å²) < 4.78 is 22.0. The Kier molecular flexibility index (Phi) is 8.56. The molecule has 146 valence electrons. The Bertz CT molecular complexity index is 596. The molecule has 1 aliphatic heterocycles. The van der Waals surface area contributed by atoms with Crippen molar-refractivity contribution >= 4 is 29.9 Å². The molecular weight excluding hydrogens is 449 g/mol. The molecule has 1 heterocycles. The maximum Gasteiger partial charge on any atom is 0.231 e. The molecule has 26 heavy (non-hydrogen) atoms. The molecule has 1 N–H and O–H groups in total. The quantitative estimate of drug-likeness (QED) is 0.255. The van der Waals surface area contributed by atoms with Gasteiger partial charge in [-0.1, -0.05) is 0 Å². The van der Waals surface area contributed by atoms with Crippen molar-refractivity contribution in [3.63, 3.8) is 0 Å². The smallest absolute Gasteiger partial charge is 0.231 e. The van der Waals surface area contributed by atoms with E-state index in [2.05, 4.69) is 15.2 Å². The van der Waals surface area contributed by atoms with Crippen LogP contribution in [0.3, 0.4) is 0 Å². The number of hydrogen-bond donors (Lipinski definition) is 1. The number of hydrogen-bond acceptors (Lipinski definition) is 5. The van der Waals surface area contributed by atoms with E-state index in [9.17, 15) is 0 Å². The van der Waals surface area contributed by atoms with Gasteiger partial charge in [0, 0.05) is 33.3 Å². The fraction of sp³-hybridized carbons (Fsp3) is 0.611. The van der Waals surface area contributed by atoms with Crippen molar-refractivity contribution in [3.05, 3.63) is 18.2 Å². The molecule has 0 spiro atoms. The van der Waals surface area contributed by atoms with E-state index in [1.807, 2.05) is 25.2 Å². The number of nitrogens with one attached hydrogen (secondary N) is 1. The minimum atomic E-state index is 0. The largest absolute Gasteiger partial charge is 0.492 e. The summed E-state index contributed by atoms with van der Waals surface area (Å²) in [4.78, 5) is 6.35. The number of nitrogens with zero attached hydrogens (tertiary/aromatic N) is 2. The fourth-order valence-electron chi connectivity index (χ4n) is 2.52. The van der Waals surface area contributed by atoms with E-state index in [0.717, 1.165) is 48.9 Å². The van der Waals surface area contributed by atoms with E-state index in [4.69, 9.17) is 18.9 Å². The maximum absolute atomic E-state index is 5.74. The van der Waals surface area contributed by atoms with Gasteiger partial charge in [-0.2, -0.15) is 0 Å². The van der Waals surface area contributed by atoms with E-state index < -0.39 is 0 Å². The van der Waals surface area contributed by atoms with Crippen LogP contribution in [0.15, 0.2) is 23.2 Å². The van der Waals surface area contributed by atoms with Crippen LogP contribution in [0.1, 0.15) is 12.8 Å². The Balaban J connectivity index is 0.00000243. The number of benzene rings is 1. The Morgan fingerprint density at radius 2 is 2.08 bits per heavy atom. The minimum Gasteiger partial charge on any atom is -0.492 e. The second-order valence-electron chi connectivity index (χ2n) is 6.28. The van der Waals surface area contributed by atoms with Gasteiger partial charge in [0.1, 0.15) is 12.4 Å². The number of ether oxygens (including phenoxy) is 4. The molecule has 1 aliphatic carbocycles. The van der Waals surface area contributed by atoms with Crippen LogP contribution in [-0.4, -0.2) is 64.7 Å². The zero-order chi connectivity index (χ0) is 17.5. The highest BCUT2D eigenvalue weighted by molar-refractivity contribution is 14.0. The summed E-state index contributed by atoms with van der Waals surface area (Å²) in [5.74, 6) is 3.90.